The van der Waals surface area contributed by atoms with E-state index in [0.29, 0.717) is 0 Å². The predicted octanol–water partition coefficient (Wildman–Crippen LogP) is 3.26. The fourth-order valence-electron chi connectivity index (χ4n) is 1.63. The molecule has 0 fully saturated rings. The van der Waals surface area contributed by atoms with Crippen LogP contribution in [0.3, 0.4) is 0 Å². The third-order valence-electron chi connectivity index (χ3n) is 2.51. The Kier molecular flexibility index (Phi) is 4.08. The van der Waals surface area contributed by atoms with Crippen LogP contribution in [0.1, 0.15) is 16.1 Å². The summed E-state index contributed by atoms with van der Waals surface area (Å²) in [5, 5.41) is 9.13. The number of carboxylic acid groups (broad SMARTS) is 1. The van der Waals surface area contributed by atoms with E-state index >= 15 is 0 Å². The first-order chi connectivity index (χ1) is 9.31. The Bertz CT molecular complexity index is 764. The average Bonchev–Trinajstić information content (AvgIpc) is 2.79. The molecule has 0 radical (unpaired) electrons. The maximum atomic E-state index is 12.3. The summed E-state index contributed by atoms with van der Waals surface area (Å²) in [7, 11) is -3.83. The molecule has 0 amide bonds. The highest BCUT2D eigenvalue weighted by molar-refractivity contribution is 7.90. The number of carbonyl (C=O) groups is 1. The topological polar surface area (TPSA) is 84.6 Å². The van der Waals surface area contributed by atoms with Gasteiger partial charge >= 0.3 is 5.97 Å². The molecule has 0 bridgehead atoms. The highest BCUT2D eigenvalue weighted by Crippen LogP contribution is 2.28. The zero-order chi connectivity index (χ0) is 14.9. The van der Waals surface area contributed by atoms with Crippen LogP contribution >= 0.6 is 23.2 Å². The number of furan rings is 1. The van der Waals surface area contributed by atoms with Crippen molar-refractivity contribution in [1.82, 2.24) is 0 Å². The van der Waals surface area contributed by atoms with Gasteiger partial charge in [0.05, 0.1) is 21.9 Å². The first-order valence-electron chi connectivity index (χ1n) is 5.29. The van der Waals surface area contributed by atoms with E-state index in [1.165, 1.54) is 24.3 Å². The third kappa shape index (κ3) is 2.98. The van der Waals surface area contributed by atoms with Gasteiger partial charge in [-0.15, -0.1) is 0 Å². The maximum Gasteiger partial charge on any atom is 0.372 e. The Morgan fingerprint density at radius 1 is 1.25 bits per heavy atom. The molecule has 0 unspecified atom stereocenters. The average molecular weight is 335 g/mol. The molecular weight excluding hydrogens is 327 g/mol. The molecule has 1 N–H and O–H groups in total. The number of halogens is 2. The summed E-state index contributed by atoms with van der Waals surface area (Å²) in [6.07, 6.45) is 1.12. The Hall–Kier alpha value is -1.50. The minimum Gasteiger partial charge on any atom is -0.475 e. The SMILES string of the molecule is O=C(O)c1occc1CS(=O)(=O)c1cc(Cl)ccc1Cl. The minimum absolute atomic E-state index is 0.0229. The molecule has 0 saturated carbocycles. The summed E-state index contributed by atoms with van der Waals surface area (Å²) in [6.45, 7) is 0. The van der Waals surface area contributed by atoms with Crippen LogP contribution in [0.15, 0.2) is 39.8 Å². The van der Waals surface area contributed by atoms with Gasteiger partial charge in [0.2, 0.25) is 5.76 Å². The van der Waals surface area contributed by atoms with Crippen molar-refractivity contribution in [2.45, 2.75) is 10.6 Å². The summed E-state index contributed by atoms with van der Waals surface area (Å²) in [5.41, 5.74) is 0.0496. The van der Waals surface area contributed by atoms with Gasteiger partial charge in [-0.1, -0.05) is 23.2 Å². The molecule has 1 aromatic carbocycles. The minimum atomic E-state index is -3.83. The van der Waals surface area contributed by atoms with Gasteiger partial charge in [0.15, 0.2) is 9.84 Å². The normalized spacial score (nSPS) is 11.5. The number of hydrogen-bond acceptors (Lipinski definition) is 4. The molecule has 0 spiro atoms. The van der Waals surface area contributed by atoms with Crippen molar-refractivity contribution < 1.29 is 22.7 Å². The van der Waals surface area contributed by atoms with Crippen molar-refractivity contribution in [3.8, 4) is 0 Å². The number of rotatable bonds is 4. The van der Waals surface area contributed by atoms with Crippen LogP contribution in [0.4, 0.5) is 0 Å². The summed E-state index contributed by atoms with van der Waals surface area (Å²) in [6, 6.07) is 5.34. The number of sulfone groups is 1. The van der Waals surface area contributed by atoms with E-state index in [-0.39, 0.29) is 20.5 Å². The van der Waals surface area contributed by atoms with E-state index in [4.69, 9.17) is 32.7 Å². The van der Waals surface area contributed by atoms with Crippen LogP contribution in [0.2, 0.25) is 10.0 Å². The lowest BCUT2D eigenvalue weighted by atomic mass is 10.3. The van der Waals surface area contributed by atoms with Crippen molar-refractivity contribution in [3.63, 3.8) is 0 Å². The Labute approximate surface area is 124 Å². The number of hydrogen-bond donors (Lipinski definition) is 1. The molecule has 0 aliphatic carbocycles. The first kappa shape index (κ1) is 14.9. The molecule has 1 aromatic heterocycles. The van der Waals surface area contributed by atoms with Crippen molar-refractivity contribution >= 4 is 39.0 Å². The van der Waals surface area contributed by atoms with Gasteiger partial charge in [-0.05, 0) is 24.3 Å². The summed E-state index contributed by atoms with van der Waals surface area (Å²) in [5.74, 6) is -2.28. The number of carboxylic acids is 1. The van der Waals surface area contributed by atoms with E-state index in [0.717, 1.165) is 6.26 Å². The zero-order valence-corrected chi connectivity index (χ0v) is 12.2. The highest BCUT2D eigenvalue weighted by Gasteiger charge is 2.24. The number of benzene rings is 1. The molecule has 106 valence electrons. The highest BCUT2D eigenvalue weighted by atomic mass is 35.5. The van der Waals surface area contributed by atoms with Crippen LogP contribution in [-0.4, -0.2) is 19.5 Å². The molecule has 5 nitrogen and oxygen atoms in total. The molecule has 2 rings (SSSR count). The molecule has 0 saturated heterocycles. The second-order valence-electron chi connectivity index (χ2n) is 3.91. The largest absolute Gasteiger partial charge is 0.475 e. The van der Waals surface area contributed by atoms with Gasteiger partial charge in [-0.3, -0.25) is 0 Å². The van der Waals surface area contributed by atoms with Crippen LogP contribution < -0.4 is 0 Å². The van der Waals surface area contributed by atoms with Crippen LogP contribution in [0.5, 0.6) is 0 Å². The fraction of sp³-hybridized carbons (Fsp3) is 0.0833. The maximum absolute atomic E-state index is 12.3. The standard InChI is InChI=1S/C12H8Cl2O5S/c13-8-1-2-9(14)10(5-8)20(17,18)6-7-3-4-19-11(7)12(15)16/h1-5H,6H2,(H,15,16). The van der Waals surface area contributed by atoms with E-state index in [1.807, 2.05) is 0 Å². The number of aromatic carboxylic acids is 1. The molecule has 8 heteroatoms. The molecule has 0 aliphatic rings. The summed E-state index contributed by atoms with van der Waals surface area (Å²) < 4.78 is 29.3. The van der Waals surface area contributed by atoms with E-state index < -0.39 is 27.3 Å². The lowest BCUT2D eigenvalue weighted by molar-refractivity contribution is 0.0661. The fourth-order valence-corrected chi connectivity index (χ4v) is 3.81. The first-order valence-corrected chi connectivity index (χ1v) is 7.69. The molecule has 20 heavy (non-hydrogen) atoms. The summed E-state index contributed by atoms with van der Waals surface area (Å²) in [4.78, 5) is 10.7. The molecular formula is C12H8Cl2O5S. The molecule has 1 heterocycles. The van der Waals surface area contributed by atoms with Gasteiger partial charge < -0.3 is 9.52 Å². The zero-order valence-electron chi connectivity index (χ0n) is 9.84. The monoisotopic (exact) mass is 334 g/mol. The van der Waals surface area contributed by atoms with Gasteiger partial charge in [0.1, 0.15) is 0 Å². The van der Waals surface area contributed by atoms with Crippen LogP contribution in [-0.2, 0) is 15.6 Å². The smallest absolute Gasteiger partial charge is 0.372 e. The molecule has 0 atom stereocenters. The lowest BCUT2D eigenvalue weighted by Crippen LogP contribution is -2.08. The summed E-state index contributed by atoms with van der Waals surface area (Å²) >= 11 is 11.6. The van der Waals surface area contributed by atoms with Crippen molar-refractivity contribution in [3.05, 3.63) is 51.9 Å². The van der Waals surface area contributed by atoms with Gasteiger partial charge in [0, 0.05) is 10.6 Å². The second kappa shape index (κ2) is 5.47. The molecule has 2 aromatic rings. The van der Waals surface area contributed by atoms with Gasteiger partial charge in [0.25, 0.3) is 0 Å². The predicted molar refractivity (Wildman–Crippen MR) is 73.0 cm³/mol. The Morgan fingerprint density at radius 3 is 2.60 bits per heavy atom. The van der Waals surface area contributed by atoms with Gasteiger partial charge in [-0.25, -0.2) is 13.2 Å². The van der Waals surface area contributed by atoms with E-state index in [2.05, 4.69) is 0 Å². The Morgan fingerprint density at radius 2 is 1.95 bits per heavy atom. The van der Waals surface area contributed by atoms with Crippen molar-refractivity contribution in [2.75, 3.05) is 0 Å². The quantitative estimate of drug-likeness (QED) is 0.927. The third-order valence-corrected chi connectivity index (χ3v) is 4.89. The molecule has 0 aliphatic heterocycles. The van der Waals surface area contributed by atoms with Gasteiger partial charge in [-0.2, -0.15) is 0 Å². The van der Waals surface area contributed by atoms with Crippen molar-refractivity contribution in [2.24, 2.45) is 0 Å². The van der Waals surface area contributed by atoms with Crippen LogP contribution in [0.25, 0.3) is 0 Å². The lowest BCUT2D eigenvalue weighted by Gasteiger charge is -2.06. The Balaban J connectivity index is 2.44. The van der Waals surface area contributed by atoms with E-state index in [9.17, 15) is 13.2 Å². The van der Waals surface area contributed by atoms with E-state index in [1.54, 1.807) is 0 Å². The van der Waals surface area contributed by atoms with Crippen molar-refractivity contribution in [1.29, 1.82) is 0 Å². The van der Waals surface area contributed by atoms with Crippen LogP contribution in [0, 0.1) is 0 Å². The second-order valence-corrected chi connectivity index (χ2v) is 6.72.